The minimum Gasteiger partial charge on any atom is -0.457 e. The first kappa shape index (κ1) is 34.5. The first-order chi connectivity index (χ1) is 21.6. The van der Waals surface area contributed by atoms with Crippen LogP contribution in [0.2, 0.25) is 0 Å². The van der Waals surface area contributed by atoms with Gasteiger partial charge in [-0.25, -0.2) is 8.42 Å². The molecule has 1 fully saturated rings. The molecule has 2 heterocycles. The Bertz CT molecular complexity index is 1770. The predicted octanol–water partition coefficient (Wildman–Crippen LogP) is 5.63. The number of benzene rings is 2. The average Bonchev–Trinajstić information content (AvgIpc) is 3.42. The Hall–Kier alpha value is -4.39. The molecule has 1 aliphatic heterocycles. The van der Waals surface area contributed by atoms with Crippen LogP contribution >= 0.6 is 0 Å². The molecule has 9 nitrogen and oxygen atoms in total. The van der Waals surface area contributed by atoms with Gasteiger partial charge in [0.05, 0.1) is 11.3 Å². The van der Waals surface area contributed by atoms with Crippen molar-refractivity contribution >= 4 is 32.6 Å². The van der Waals surface area contributed by atoms with E-state index in [1.54, 1.807) is 41.3 Å². The van der Waals surface area contributed by atoms with Gasteiger partial charge < -0.3 is 15.0 Å². The maximum absolute atomic E-state index is 13.1. The number of carbonyl (C=O) groups excluding carboxylic acids is 2. The Morgan fingerprint density at radius 1 is 1.11 bits per heavy atom. The van der Waals surface area contributed by atoms with Gasteiger partial charge in [0.25, 0.3) is 11.8 Å². The molecule has 0 aliphatic carbocycles. The Kier molecular flexibility index (Phi) is 10.8. The van der Waals surface area contributed by atoms with E-state index in [1.165, 1.54) is 12.2 Å². The van der Waals surface area contributed by atoms with E-state index < -0.39 is 21.6 Å². The lowest BCUT2D eigenvalue weighted by molar-refractivity contribution is -0.0913. The molecule has 0 spiro atoms. The summed E-state index contributed by atoms with van der Waals surface area (Å²) in [6.07, 6.45) is 3.60. The van der Waals surface area contributed by atoms with Gasteiger partial charge in [0, 0.05) is 60.7 Å². The second-order valence-corrected chi connectivity index (χ2v) is 13.7. The molecule has 4 rings (SSSR count). The maximum Gasteiger partial charge on any atom is 0.412 e. The molecule has 1 aliphatic rings. The summed E-state index contributed by atoms with van der Waals surface area (Å²) >= 11 is 0. The van der Waals surface area contributed by atoms with Crippen molar-refractivity contribution in [2.75, 3.05) is 31.6 Å². The highest BCUT2D eigenvalue weighted by molar-refractivity contribution is 7.90. The van der Waals surface area contributed by atoms with E-state index >= 15 is 0 Å². The third-order valence-corrected chi connectivity index (χ3v) is 8.78. The number of sulfone groups is 1. The van der Waals surface area contributed by atoms with Gasteiger partial charge in [0.2, 0.25) is 0 Å². The van der Waals surface area contributed by atoms with Crippen LogP contribution < -0.4 is 10.1 Å². The SMILES string of the molecule is C=C/C(=C\C=C(/C)C(F)(F)F)Oc1ccc(C(=O)N2CCC(Cn3cc4c(C)c(C(=O)NCCS(C)(=O)=O)ccc4n3)CC2)cc1. The van der Waals surface area contributed by atoms with Crippen molar-refractivity contribution in [3.05, 3.63) is 95.4 Å². The van der Waals surface area contributed by atoms with Crippen LogP contribution in [0.4, 0.5) is 13.2 Å². The highest BCUT2D eigenvalue weighted by Gasteiger charge is 2.29. The fraction of sp³-hybridized carbons (Fsp3) is 0.364. The number of fused-ring (bicyclic) bond motifs is 1. The largest absolute Gasteiger partial charge is 0.457 e. The van der Waals surface area contributed by atoms with Crippen molar-refractivity contribution < 1.29 is 35.9 Å². The maximum atomic E-state index is 13.1. The Morgan fingerprint density at radius 3 is 2.39 bits per heavy atom. The van der Waals surface area contributed by atoms with Crippen LogP contribution in [-0.2, 0) is 16.4 Å². The molecular weight excluding hydrogens is 621 g/mol. The number of rotatable bonds is 11. The first-order valence-corrected chi connectivity index (χ1v) is 16.8. The van der Waals surface area contributed by atoms with E-state index in [0.29, 0.717) is 42.4 Å². The number of hydrogen-bond donors (Lipinski definition) is 1. The first-order valence-electron chi connectivity index (χ1n) is 14.7. The highest BCUT2D eigenvalue weighted by atomic mass is 32.2. The number of carbonyl (C=O) groups is 2. The fourth-order valence-corrected chi connectivity index (χ4v) is 5.55. The van der Waals surface area contributed by atoms with Crippen molar-refractivity contribution in [3.63, 3.8) is 0 Å². The molecule has 3 aromatic rings. The van der Waals surface area contributed by atoms with E-state index in [2.05, 4.69) is 17.0 Å². The lowest BCUT2D eigenvalue weighted by Crippen LogP contribution is -2.39. The van der Waals surface area contributed by atoms with Crippen LogP contribution in [0.5, 0.6) is 5.75 Å². The standard InChI is InChI=1S/C33H37F3N4O5S/c1-5-26(9-6-22(2)33(34,35)36)45-27-10-7-25(8-11-27)32(42)39-17-14-24(15-18-39)20-40-21-29-23(3)28(12-13-30(29)38-40)31(41)37-16-19-46(4,43)44/h5-13,21,24H,1,14-20H2,2-4H3,(H,37,41)/b22-6+,26-9+. The van der Waals surface area contributed by atoms with Gasteiger partial charge in [-0.05, 0) is 86.7 Å². The summed E-state index contributed by atoms with van der Waals surface area (Å²) in [6, 6.07) is 9.90. The van der Waals surface area contributed by atoms with Crippen LogP contribution in [0.3, 0.4) is 0 Å². The number of allylic oxidation sites excluding steroid dienone is 4. The van der Waals surface area contributed by atoms with Crippen molar-refractivity contribution in [2.45, 2.75) is 39.4 Å². The quantitative estimate of drug-likeness (QED) is 0.211. The lowest BCUT2D eigenvalue weighted by atomic mass is 9.96. The van der Waals surface area contributed by atoms with Gasteiger partial charge in [0.15, 0.2) is 0 Å². The van der Waals surface area contributed by atoms with Gasteiger partial charge in [-0.3, -0.25) is 14.3 Å². The number of amides is 2. The van der Waals surface area contributed by atoms with Crippen molar-refractivity contribution in [3.8, 4) is 5.75 Å². The molecule has 1 saturated heterocycles. The van der Waals surface area contributed by atoms with Crippen LogP contribution in [0.25, 0.3) is 10.9 Å². The molecule has 46 heavy (non-hydrogen) atoms. The van der Waals surface area contributed by atoms with Gasteiger partial charge in [0.1, 0.15) is 21.3 Å². The van der Waals surface area contributed by atoms with Crippen LogP contribution in [0.1, 0.15) is 46.0 Å². The smallest absolute Gasteiger partial charge is 0.412 e. The number of hydrogen-bond acceptors (Lipinski definition) is 6. The molecular formula is C33H37F3N4O5S. The predicted molar refractivity (Wildman–Crippen MR) is 170 cm³/mol. The summed E-state index contributed by atoms with van der Waals surface area (Å²) in [5.74, 6) is 0.221. The zero-order valence-electron chi connectivity index (χ0n) is 25.9. The van der Waals surface area contributed by atoms with E-state index in [1.807, 2.05) is 17.8 Å². The highest BCUT2D eigenvalue weighted by Crippen LogP contribution is 2.27. The third-order valence-electron chi connectivity index (χ3n) is 7.84. The fourth-order valence-electron chi connectivity index (χ4n) is 5.08. The number of piperidine rings is 1. The molecule has 2 aromatic carbocycles. The van der Waals surface area contributed by atoms with Gasteiger partial charge in [-0.1, -0.05) is 12.7 Å². The topological polar surface area (TPSA) is 111 Å². The zero-order chi connectivity index (χ0) is 33.6. The zero-order valence-corrected chi connectivity index (χ0v) is 26.7. The Labute approximate surface area is 266 Å². The molecule has 1 N–H and O–H groups in total. The van der Waals surface area contributed by atoms with Gasteiger partial charge >= 0.3 is 6.18 Å². The summed E-state index contributed by atoms with van der Waals surface area (Å²) in [4.78, 5) is 27.6. The molecule has 0 radical (unpaired) electrons. The summed E-state index contributed by atoms with van der Waals surface area (Å²) in [7, 11) is -3.18. The van der Waals surface area contributed by atoms with E-state index in [0.717, 1.165) is 48.6 Å². The summed E-state index contributed by atoms with van der Waals surface area (Å²) in [5, 5.41) is 8.19. The van der Waals surface area contributed by atoms with Crippen LogP contribution in [-0.4, -0.2) is 72.7 Å². The summed E-state index contributed by atoms with van der Waals surface area (Å²) in [5.41, 5.74) is 1.71. The van der Waals surface area contributed by atoms with Crippen molar-refractivity contribution in [1.82, 2.24) is 20.0 Å². The minimum atomic E-state index is -4.43. The molecule has 0 atom stereocenters. The van der Waals surface area contributed by atoms with E-state index in [-0.39, 0.29) is 29.9 Å². The van der Waals surface area contributed by atoms with Gasteiger partial charge in [-0.15, -0.1) is 0 Å². The van der Waals surface area contributed by atoms with Gasteiger partial charge in [-0.2, -0.15) is 18.3 Å². The summed E-state index contributed by atoms with van der Waals surface area (Å²) < 4.78 is 68.4. The lowest BCUT2D eigenvalue weighted by Gasteiger charge is -2.32. The Morgan fingerprint density at radius 2 is 1.78 bits per heavy atom. The normalized spacial score (nSPS) is 15.2. The number of likely N-dealkylation sites (tertiary alicyclic amines) is 1. The van der Waals surface area contributed by atoms with Crippen molar-refractivity contribution in [2.24, 2.45) is 5.92 Å². The van der Waals surface area contributed by atoms with Crippen molar-refractivity contribution in [1.29, 1.82) is 0 Å². The summed E-state index contributed by atoms with van der Waals surface area (Å²) in [6.45, 7) is 8.24. The molecule has 0 saturated carbocycles. The number of halogens is 3. The van der Waals surface area contributed by atoms with Crippen LogP contribution in [0.15, 0.2) is 78.7 Å². The van der Waals surface area contributed by atoms with E-state index in [4.69, 9.17) is 4.74 Å². The number of alkyl halides is 3. The monoisotopic (exact) mass is 658 g/mol. The third kappa shape index (κ3) is 9.09. The minimum absolute atomic E-state index is 0.0399. The molecule has 246 valence electrons. The van der Waals surface area contributed by atoms with Crippen LogP contribution in [0, 0.1) is 12.8 Å². The molecule has 13 heteroatoms. The molecule has 0 bridgehead atoms. The number of nitrogens with one attached hydrogen (secondary N) is 1. The number of aryl methyl sites for hydroxylation is 1. The number of ether oxygens (including phenoxy) is 1. The van der Waals surface area contributed by atoms with E-state index in [9.17, 15) is 31.2 Å². The molecule has 0 unspecified atom stereocenters. The average molecular weight is 659 g/mol. The second kappa shape index (κ2) is 14.4. The number of aromatic nitrogens is 2. The Balaban J connectivity index is 1.31. The second-order valence-electron chi connectivity index (χ2n) is 11.4. The number of nitrogens with zero attached hydrogens (tertiary/aromatic N) is 3. The molecule has 1 aromatic heterocycles. The molecule has 2 amide bonds.